The number of benzene rings is 2. The highest BCUT2D eigenvalue weighted by Gasteiger charge is 2.23. The molecule has 0 unspecified atom stereocenters. The summed E-state index contributed by atoms with van der Waals surface area (Å²) in [5.74, 6) is -0.211. The van der Waals surface area contributed by atoms with E-state index in [-0.39, 0.29) is 0 Å². The van der Waals surface area contributed by atoms with Crippen LogP contribution >= 0.6 is 0 Å². The molecule has 1 aliphatic rings. The quantitative estimate of drug-likeness (QED) is 0.681. The van der Waals surface area contributed by atoms with E-state index in [0.29, 0.717) is 22.6 Å². The molecule has 0 bridgehead atoms. The molecule has 0 radical (unpaired) electrons. The largest absolute Gasteiger partial charge is 0.497 e. The lowest BCUT2D eigenvalue weighted by atomic mass is 10.0. The van der Waals surface area contributed by atoms with Gasteiger partial charge in [-0.05, 0) is 47.0 Å². The Balaban J connectivity index is 1.93. The molecule has 0 saturated carbocycles. The smallest absolute Gasteiger partial charge is 0.255 e. The molecule has 6 nitrogen and oxygen atoms in total. The third kappa shape index (κ3) is 4.56. The first kappa shape index (κ1) is 19.6. The number of halogens is 2. The summed E-state index contributed by atoms with van der Waals surface area (Å²) in [6, 6.07) is 11.5. The van der Waals surface area contributed by atoms with Crippen LogP contribution in [-0.2, 0) is 17.9 Å². The van der Waals surface area contributed by atoms with Crippen LogP contribution < -0.4 is 20.7 Å². The molecule has 2 aromatic carbocycles. The van der Waals surface area contributed by atoms with Gasteiger partial charge in [0.1, 0.15) is 11.8 Å². The zero-order valence-corrected chi connectivity index (χ0v) is 15.3. The summed E-state index contributed by atoms with van der Waals surface area (Å²) in [7, 11) is 1.45. The average molecular weight is 386 g/mol. The van der Waals surface area contributed by atoms with Gasteiger partial charge in [0.25, 0.3) is 6.43 Å². The summed E-state index contributed by atoms with van der Waals surface area (Å²) in [4.78, 5) is 12.6. The molecule has 3 N–H and O–H groups in total. The Labute approximate surface area is 161 Å². The molecule has 3 rings (SSSR count). The minimum absolute atomic E-state index is 0.306. The molecular formula is C20H20F2N4O2. The Morgan fingerprint density at radius 3 is 2.75 bits per heavy atom. The van der Waals surface area contributed by atoms with Crippen molar-refractivity contribution in [2.24, 2.45) is 0 Å². The lowest BCUT2D eigenvalue weighted by Crippen LogP contribution is -2.36. The van der Waals surface area contributed by atoms with Crippen LogP contribution in [0.5, 0.6) is 5.75 Å². The molecule has 1 aliphatic heterocycles. The van der Waals surface area contributed by atoms with E-state index in [0.717, 1.165) is 18.7 Å². The van der Waals surface area contributed by atoms with Crippen LogP contribution in [0.1, 0.15) is 28.3 Å². The number of anilines is 1. The van der Waals surface area contributed by atoms with Crippen LogP contribution in [-0.4, -0.2) is 26.0 Å². The summed E-state index contributed by atoms with van der Waals surface area (Å²) in [5.41, 5.74) is 3.72. The second-order valence-corrected chi connectivity index (χ2v) is 6.41. The molecular weight excluding hydrogens is 366 g/mol. The number of fused-ring (bicyclic) bond motifs is 1. The highest BCUT2D eigenvalue weighted by atomic mass is 19.3. The second-order valence-electron chi connectivity index (χ2n) is 6.41. The Kier molecular flexibility index (Phi) is 6.06. The lowest BCUT2D eigenvalue weighted by molar-refractivity contribution is -0.122. The predicted molar refractivity (Wildman–Crippen MR) is 100 cm³/mol. The number of amides is 1. The highest BCUT2D eigenvalue weighted by Crippen LogP contribution is 2.27. The van der Waals surface area contributed by atoms with Gasteiger partial charge in [-0.2, -0.15) is 5.26 Å². The number of hydrogen-bond acceptors (Lipinski definition) is 5. The molecule has 2 aromatic rings. The van der Waals surface area contributed by atoms with Gasteiger partial charge in [0.05, 0.1) is 25.3 Å². The Bertz CT molecular complexity index is 912. The lowest BCUT2D eigenvalue weighted by Gasteiger charge is -2.21. The zero-order valence-electron chi connectivity index (χ0n) is 15.3. The van der Waals surface area contributed by atoms with E-state index < -0.39 is 24.9 Å². The summed E-state index contributed by atoms with van der Waals surface area (Å²) in [6.45, 7) is 0.764. The summed E-state index contributed by atoms with van der Waals surface area (Å²) in [5, 5.41) is 17.8. The molecule has 0 spiro atoms. The van der Waals surface area contributed by atoms with E-state index in [9.17, 15) is 18.8 Å². The zero-order chi connectivity index (χ0) is 20.1. The maximum atomic E-state index is 12.6. The number of nitrogens with one attached hydrogen (secondary N) is 3. The van der Waals surface area contributed by atoms with Crippen molar-refractivity contribution in [1.82, 2.24) is 10.6 Å². The first-order chi connectivity index (χ1) is 13.5. The van der Waals surface area contributed by atoms with Crippen molar-refractivity contribution in [1.29, 1.82) is 5.26 Å². The van der Waals surface area contributed by atoms with Gasteiger partial charge in [0, 0.05) is 18.8 Å². The van der Waals surface area contributed by atoms with E-state index in [1.165, 1.54) is 18.7 Å². The maximum absolute atomic E-state index is 12.6. The molecule has 0 fully saturated rings. The first-order valence-electron chi connectivity index (χ1n) is 8.74. The van der Waals surface area contributed by atoms with Gasteiger partial charge >= 0.3 is 0 Å². The van der Waals surface area contributed by atoms with Crippen LogP contribution in [0.15, 0.2) is 36.4 Å². The Morgan fingerprint density at radius 2 is 2.04 bits per heavy atom. The number of hydrogen-bond donors (Lipinski definition) is 3. The normalized spacial score (nSPS) is 13.5. The minimum atomic E-state index is -2.66. The standard InChI is InChI=1S/C20H20F2N4O2/c1-28-17-5-12(8-23)4-14(7-17)19(20(27)25-11-18(21)22)26-16-3-2-13-9-24-10-15(13)6-16/h2-7,18-19,24,26H,9-11H2,1H3,(H,25,27)/t19-/m0/s1. The molecule has 1 heterocycles. The molecule has 8 heteroatoms. The van der Waals surface area contributed by atoms with E-state index in [1.807, 2.05) is 24.3 Å². The summed E-state index contributed by atoms with van der Waals surface area (Å²) < 4.78 is 30.3. The van der Waals surface area contributed by atoms with Gasteiger partial charge in [-0.3, -0.25) is 4.79 Å². The van der Waals surface area contributed by atoms with Crippen LogP contribution in [0, 0.1) is 11.3 Å². The van der Waals surface area contributed by atoms with Gasteiger partial charge in [-0.25, -0.2) is 8.78 Å². The van der Waals surface area contributed by atoms with Crippen LogP contribution in [0.3, 0.4) is 0 Å². The number of methoxy groups -OCH3 is 1. The third-order valence-corrected chi connectivity index (χ3v) is 4.47. The van der Waals surface area contributed by atoms with Gasteiger partial charge in [0.2, 0.25) is 5.91 Å². The second kappa shape index (κ2) is 8.67. The molecule has 146 valence electrons. The highest BCUT2D eigenvalue weighted by molar-refractivity contribution is 5.86. The van der Waals surface area contributed by atoms with Gasteiger partial charge in [-0.15, -0.1) is 0 Å². The molecule has 0 aromatic heterocycles. The van der Waals surface area contributed by atoms with Gasteiger partial charge in [-0.1, -0.05) is 6.07 Å². The number of alkyl halides is 2. The van der Waals surface area contributed by atoms with E-state index in [4.69, 9.17) is 4.74 Å². The van der Waals surface area contributed by atoms with E-state index >= 15 is 0 Å². The van der Waals surface area contributed by atoms with Crippen molar-refractivity contribution in [2.75, 3.05) is 19.0 Å². The number of ether oxygens (including phenoxy) is 1. The van der Waals surface area contributed by atoms with Gasteiger partial charge < -0.3 is 20.7 Å². The number of nitrogens with zero attached hydrogens (tertiary/aromatic N) is 1. The summed E-state index contributed by atoms with van der Waals surface area (Å²) >= 11 is 0. The molecule has 0 saturated heterocycles. The molecule has 1 amide bonds. The fraction of sp³-hybridized carbons (Fsp3) is 0.300. The molecule has 0 aliphatic carbocycles. The van der Waals surface area contributed by atoms with Crippen molar-refractivity contribution in [2.45, 2.75) is 25.6 Å². The monoisotopic (exact) mass is 386 g/mol. The Hall–Kier alpha value is -3.18. The van der Waals surface area contributed by atoms with E-state index in [1.54, 1.807) is 12.1 Å². The first-order valence-corrected chi connectivity index (χ1v) is 8.74. The van der Waals surface area contributed by atoms with Crippen molar-refractivity contribution in [3.05, 3.63) is 58.7 Å². The minimum Gasteiger partial charge on any atom is -0.497 e. The average Bonchev–Trinajstić information content (AvgIpc) is 3.17. The topological polar surface area (TPSA) is 86.2 Å². The molecule has 28 heavy (non-hydrogen) atoms. The number of carbonyl (C=O) groups excluding carboxylic acids is 1. The SMILES string of the molecule is COc1cc(C#N)cc([C@H](Nc2ccc3c(c2)CNC3)C(=O)NCC(F)F)c1. The number of nitriles is 1. The fourth-order valence-corrected chi connectivity index (χ4v) is 3.10. The number of carbonyl (C=O) groups is 1. The van der Waals surface area contributed by atoms with Crippen molar-refractivity contribution in [3.8, 4) is 11.8 Å². The van der Waals surface area contributed by atoms with Crippen molar-refractivity contribution in [3.63, 3.8) is 0 Å². The van der Waals surface area contributed by atoms with E-state index in [2.05, 4.69) is 16.0 Å². The van der Waals surface area contributed by atoms with Crippen LogP contribution in [0.25, 0.3) is 0 Å². The predicted octanol–water partition coefficient (Wildman–Crippen LogP) is 2.70. The Morgan fingerprint density at radius 1 is 1.25 bits per heavy atom. The molecule has 1 atom stereocenters. The summed E-state index contributed by atoms with van der Waals surface area (Å²) in [6.07, 6.45) is -2.66. The maximum Gasteiger partial charge on any atom is 0.255 e. The van der Waals surface area contributed by atoms with Crippen LogP contribution in [0.2, 0.25) is 0 Å². The third-order valence-electron chi connectivity index (χ3n) is 4.47. The number of rotatable bonds is 7. The fourth-order valence-electron chi connectivity index (χ4n) is 3.10. The van der Waals surface area contributed by atoms with Crippen LogP contribution in [0.4, 0.5) is 14.5 Å². The van der Waals surface area contributed by atoms with Gasteiger partial charge in [0.15, 0.2) is 0 Å². The van der Waals surface area contributed by atoms with Crippen molar-refractivity contribution < 1.29 is 18.3 Å². The van der Waals surface area contributed by atoms with Crippen molar-refractivity contribution >= 4 is 11.6 Å².